The first-order valence-corrected chi connectivity index (χ1v) is 8.16. The maximum atomic E-state index is 6.28. The molecule has 0 amide bonds. The van der Waals surface area contributed by atoms with E-state index in [9.17, 15) is 0 Å². The van der Waals surface area contributed by atoms with E-state index in [4.69, 9.17) is 21.1 Å². The van der Waals surface area contributed by atoms with Gasteiger partial charge >= 0.3 is 0 Å². The topological polar surface area (TPSA) is 36.3 Å². The third kappa shape index (κ3) is 2.95. The average Bonchev–Trinajstić information content (AvgIpc) is 2.78. The van der Waals surface area contributed by atoms with E-state index in [0.717, 1.165) is 23.4 Å². The summed E-state index contributed by atoms with van der Waals surface area (Å²) in [6.07, 6.45) is 0.0644. The van der Waals surface area contributed by atoms with Crippen molar-refractivity contribution in [3.8, 4) is 0 Å². The van der Waals surface area contributed by atoms with Crippen molar-refractivity contribution in [3.05, 3.63) is 27.6 Å². The molecule has 0 aliphatic carbocycles. The molecule has 0 saturated carbocycles. The molecule has 1 saturated heterocycles. The van der Waals surface area contributed by atoms with E-state index >= 15 is 0 Å². The molecule has 1 aromatic heterocycles. The number of hydrogen-bond acceptors (Lipinski definition) is 3. The van der Waals surface area contributed by atoms with Gasteiger partial charge in [0, 0.05) is 3.57 Å². The van der Waals surface area contributed by atoms with Gasteiger partial charge in [0.2, 0.25) is 0 Å². The van der Waals surface area contributed by atoms with Crippen molar-refractivity contribution in [3.63, 3.8) is 0 Å². The van der Waals surface area contributed by atoms with Crippen molar-refractivity contribution in [1.29, 1.82) is 0 Å². The number of hydrogen-bond donors (Lipinski definition) is 0. The minimum atomic E-state index is -0.135. The lowest BCUT2D eigenvalue weighted by Crippen LogP contribution is -2.32. The zero-order chi connectivity index (χ0) is 14.1. The largest absolute Gasteiger partial charge is 0.376 e. The quantitative estimate of drug-likeness (QED) is 0.579. The van der Waals surface area contributed by atoms with E-state index < -0.39 is 0 Å². The summed E-state index contributed by atoms with van der Waals surface area (Å²) in [6.45, 7) is 4.63. The minimum absolute atomic E-state index is 0.0644. The first-order chi connectivity index (χ1) is 9.65. The van der Waals surface area contributed by atoms with Gasteiger partial charge in [-0.2, -0.15) is 0 Å². The minimum Gasteiger partial charge on any atom is -0.376 e. The van der Waals surface area contributed by atoms with Crippen molar-refractivity contribution in [2.24, 2.45) is 0 Å². The Morgan fingerprint density at radius 2 is 2.35 bits per heavy atom. The van der Waals surface area contributed by atoms with Crippen molar-refractivity contribution in [2.45, 2.75) is 24.9 Å². The summed E-state index contributed by atoms with van der Waals surface area (Å²) in [5, 5.41) is -0.135. The molecule has 4 nitrogen and oxygen atoms in total. The second-order valence-corrected chi connectivity index (χ2v) is 6.80. The van der Waals surface area contributed by atoms with Crippen LogP contribution in [0.25, 0.3) is 11.0 Å². The molecule has 0 bridgehead atoms. The van der Waals surface area contributed by atoms with Gasteiger partial charge in [-0.1, -0.05) is 0 Å². The maximum Gasteiger partial charge on any atom is 0.127 e. The summed E-state index contributed by atoms with van der Waals surface area (Å²) in [7, 11) is 0. The van der Waals surface area contributed by atoms with Crippen LogP contribution in [0.5, 0.6) is 0 Å². The SMILES string of the molecule is CC(Cl)c1nc2cc(I)ccc2n1CC1COCCO1. The fourth-order valence-electron chi connectivity index (χ4n) is 2.46. The summed E-state index contributed by atoms with van der Waals surface area (Å²) in [4.78, 5) is 4.67. The Hall–Kier alpha value is -0.370. The molecule has 0 radical (unpaired) electrons. The van der Waals surface area contributed by atoms with Gasteiger partial charge in [-0.25, -0.2) is 4.98 Å². The summed E-state index contributed by atoms with van der Waals surface area (Å²) >= 11 is 8.57. The number of nitrogens with zero attached hydrogens (tertiary/aromatic N) is 2. The highest BCUT2D eigenvalue weighted by Crippen LogP contribution is 2.26. The van der Waals surface area contributed by atoms with Crippen LogP contribution in [0.4, 0.5) is 0 Å². The molecule has 3 rings (SSSR count). The molecule has 2 unspecified atom stereocenters. The molecular formula is C14H16ClIN2O2. The maximum absolute atomic E-state index is 6.28. The van der Waals surface area contributed by atoms with Crippen LogP contribution >= 0.6 is 34.2 Å². The van der Waals surface area contributed by atoms with Gasteiger partial charge in [0.05, 0.1) is 48.9 Å². The van der Waals surface area contributed by atoms with E-state index in [1.54, 1.807) is 0 Å². The van der Waals surface area contributed by atoms with Gasteiger partial charge in [0.25, 0.3) is 0 Å². The van der Waals surface area contributed by atoms with Gasteiger partial charge in [0.1, 0.15) is 5.82 Å². The number of fused-ring (bicyclic) bond motifs is 1. The van der Waals surface area contributed by atoms with Crippen molar-refractivity contribution >= 4 is 45.2 Å². The van der Waals surface area contributed by atoms with Crippen LogP contribution < -0.4 is 0 Å². The molecule has 2 aromatic rings. The van der Waals surface area contributed by atoms with Gasteiger partial charge < -0.3 is 14.0 Å². The summed E-state index contributed by atoms with van der Waals surface area (Å²) in [6, 6.07) is 6.26. The fourth-order valence-corrected chi connectivity index (χ4v) is 3.10. The Bertz CT molecular complexity index is 608. The van der Waals surface area contributed by atoms with Crippen LogP contribution in [0.3, 0.4) is 0 Å². The van der Waals surface area contributed by atoms with E-state index in [1.165, 1.54) is 3.57 Å². The molecule has 2 heterocycles. The predicted molar refractivity (Wildman–Crippen MR) is 87.3 cm³/mol. The van der Waals surface area contributed by atoms with E-state index in [2.05, 4.69) is 50.3 Å². The number of halogens is 2. The Kier molecular flexibility index (Phi) is 4.49. The normalized spacial score (nSPS) is 21.2. The van der Waals surface area contributed by atoms with Crippen molar-refractivity contribution in [2.75, 3.05) is 19.8 Å². The van der Waals surface area contributed by atoms with E-state index in [0.29, 0.717) is 19.8 Å². The number of aromatic nitrogens is 2. The number of ether oxygens (including phenoxy) is 2. The Balaban J connectivity index is 1.99. The molecule has 2 atom stereocenters. The molecule has 20 heavy (non-hydrogen) atoms. The Morgan fingerprint density at radius 1 is 1.50 bits per heavy atom. The van der Waals surface area contributed by atoms with Crippen LogP contribution in [0, 0.1) is 3.57 Å². The van der Waals surface area contributed by atoms with Gasteiger partial charge in [-0.15, -0.1) is 11.6 Å². The molecule has 1 aromatic carbocycles. The van der Waals surface area contributed by atoms with Gasteiger partial charge in [-0.3, -0.25) is 0 Å². The summed E-state index contributed by atoms with van der Waals surface area (Å²) < 4.78 is 14.5. The summed E-state index contributed by atoms with van der Waals surface area (Å²) in [5.41, 5.74) is 2.08. The van der Waals surface area contributed by atoms with Crippen molar-refractivity contribution < 1.29 is 9.47 Å². The first kappa shape index (κ1) is 14.6. The number of rotatable bonds is 3. The molecular weight excluding hydrogens is 391 g/mol. The fraction of sp³-hybridized carbons (Fsp3) is 0.500. The van der Waals surface area contributed by atoms with Crippen LogP contribution in [0.2, 0.25) is 0 Å². The van der Waals surface area contributed by atoms with Crippen LogP contribution in [0.15, 0.2) is 18.2 Å². The highest BCUT2D eigenvalue weighted by atomic mass is 127. The molecule has 1 fully saturated rings. The van der Waals surface area contributed by atoms with E-state index in [1.807, 2.05) is 6.92 Å². The van der Waals surface area contributed by atoms with Crippen LogP contribution in [0.1, 0.15) is 18.1 Å². The number of alkyl halides is 1. The Labute approximate surface area is 136 Å². The van der Waals surface area contributed by atoms with Crippen LogP contribution in [-0.4, -0.2) is 35.5 Å². The highest BCUT2D eigenvalue weighted by molar-refractivity contribution is 14.1. The zero-order valence-corrected chi connectivity index (χ0v) is 14.1. The highest BCUT2D eigenvalue weighted by Gasteiger charge is 2.21. The van der Waals surface area contributed by atoms with Gasteiger partial charge in [-0.05, 0) is 47.7 Å². The lowest BCUT2D eigenvalue weighted by atomic mass is 10.3. The third-order valence-electron chi connectivity index (χ3n) is 3.37. The monoisotopic (exact) mass is 406 g/mol. The second kappa shape index (κ2) is 6.17. The van der Waals surface area contributed by atoms with E-state index in [-0.39, 0.29) is 11.5 Å². The van der Waals surface area contributed by atoms with Crippen molar-refractivity contribution in [1.82, 2.24) is 9.55 Å². The average molecular weight is 407 g/mol. The number of benzene rings is 1. The van der Waals surface area contributed by atoms with Gasteiger partial charge in [0.15, 0.2) is 0 Å². The molecule has 1 aliphatic rings. The molecule has 1 aliphatic heterocycles. The lowest BCUT2D eigenvalue weighted by Gasteiger charge is -2.24. The Morgan fingerprint density at radius 3 is 3.05 bits per heavy atom. The standard InChI is InChI=1S/C14H16ClIN2O2/c1-9(15)14-17-12-6-10(16)2-3-13(12)18(14)7-11-8-19-4-5-20-11/h2-3,6,9,11H,4-5,7-8H2,1H3. The number of imidazole rings is 1. The lowest BCUT2D eigenvalue weighted by molar-refractivity contribution is -0.0934. The molecule has 0 spiro atoms. The van der Waals surface area contributed by atoms with Crippen LogP contribution in [-0.2, 0) is 16.0 Å². The molecule has 0 N–H and O–H groups in total. The predicted octanol–water partition coefficient (Wildman–Crippen LogP) is 3.36. The molecule has 108 valence electrons. The molecule has 6 heteroatoms. The summed E-state index contributed by atoms with van der Waals surface area (Å²) in [5.74, 6) is 0.887. The zero-order valence-electron chi connectivity index (χ0n) is 11.2. The smallest absolute Gasteiger partial charge is 0.127 e. The third-order valence-corrected chi connectivity index (χ3v) is 4.23. The second-order valence-electron chi connectivity index (χ2n) is 4.90. The first-order valence-electron chi connectivity index (χ1n) is 6.64.